The molecule has 0 aromatic heterocycles. The molecule has 7 heteroatoms. The molecule has 0 saturated carbocycles. The molecule has 0 spiro atoms. The molecule has 1 heterocycles. The Morgan fingerprint density at radius 1 is 1.35 bits per heavy atom. The number of likely N-dealkylation sites (tertiary alicyclic amines) is 1. The first-order chi connectivity index (χ1) is 12.5. The summed E-state index contributed by atoms with van der Waals surface area (Å²) >= 11 is 0. The number of benzene rings is 1. The highest BCUT2D eigenvalue weighted by molar-refractivity contribution is 5.85. The number of nitrogens with one attached hydrogen (secondary N) is 2. The van der Waals surface area contributed by atoms with Crippen LogP contribution in [0.4, 0.5) is 4.79 Å². The van der Waals surface area contributed by atoms with Gasteiger partial charge in [0.2, 0.25) is 5.91 Å². The predicted molar refractivity (Wildman–Crippen MR) is 96.5 cm³/mol. The molecule has 7 nitrogen and oxygen atoms in total. The molecule has 0 bridgehead atoms. The zero-order valence-electron chi connectivity index (χ0n) is 15.3. The summed E-state index contributed by atoms with van der Waals surface area (Å²) in [7, 11) is 0. The van der Waals surface area contributed by atoms with E-state index in [2.05, 4.69) is 16.8 Å². The predicted octanol–water partition coefficient (Wildman–Crippen LogP) is 2.35. The van der Waals surface area contributed by atoms with Crippen molar-refractivity contribution in [3.8, 4) is 6.19 Å². The fourth-order valence-corrected chi connectivity index (χ4v) is 2.91. The number of rotatable bonds is 7. The first kappa shape index (κ1) is 19.6. The minimum absolute atomic E-state index is 0.146. The second-order valence-corrected chi connectivity index (χ2v) is 6.85. The van der Waals surface area contributed by atoms with Gasteiger partial charge in [-0.1, -0.05) is 44.2 Å². The van der Waals surface area contributed by atoms with Crippen LogP contribution >= 0.6 is 0 Å². The molecular formula is C19H26N4O3. The van der Waals surface area contributed by atoms with E-state index in [0.717, 1.165) is 18.4 Å². The smallest absolute Gasteiger partial charge is 0.408 e. The van der Waals surface area contributed by atoms with Crippen LogP contribution < -0.4 is 10.6 Å². The lowest BCUT2D eigenvalue weighted by Gasteiger charge is -2.24. The minimum atomic E-state index is -0.695. The molecule has 1 fully saturated rings. The number of amides is 2. The van der Waals surface area contributed by atoms with Crippen LogP contribution in [-0.2, 0) is 16.1 Å². The molecule has 1 aromatic carbocycles. The van der Waals surface area contributed by atoms with E-state index < -0.39 is 12.1 Å². The fourth-order valence-electron chi connectivity index (χ4n) is 2.91. The van der Waals surface area contributed by atoms with Crippen LogP contribution in [0.15, 0.2) is 30.3 Å². The molecular weight excluding hydrogens is 332 g/mol. The molecule has 1 aliphatic rings. The summed E-state index contributed by atoms with van der Waals surface area (Å²) in [5, 5.41) is 14.6. The van der Waals surface area contributed by atoms with Crippen molar-refractivity contribution in [2.24, 2.45) is 5.92 Å². The largest absolute Gasteiger partial charge is 0.445 e. The summed E-state index contributed by atoms with van der Waals surface area (Å²) in [6, 6.07) is 8.66. The molecule has 1 aliphatic heterocycles. The maximum atomic E-state index is 12.6. The average Bonchev–Trinajstić information content (AvgIpc) is 3.07. The van der Waals surface area contributed by atoms with Crippen LogP contribution in [0.1, 0.15) is 38.7 Å². The van der Waals surface area contributed by atoms with Crippen LogP contribution in [-0.4, -0.2) is 35.7 Å². The molecule has 2 amide bonds. The Kier molecular flexibility index (Phi) is 7.27. The summed E-state index contributed by atoms with van der Waals surface area (Å²) in [5.41, 5.74) is 0.878. The van der Waals surface area contributed by atoms with Crippen LogP contribution in [0.25, 0.3) is 0 Å². The van der Waals surface area contributed by atoms with Gasteiger partial charge in [0, 0.05) is 6.54 Å². The lowest BCUT2D eigenvalue weighted by molar-refractivity contribution is -0.124. The zero-order valence-corrected chi connectivity index (χ0v) is 15.3. The summed E-state index contributed by atoms with van der Waals surface area (Å²) < 4.78 is 5.21. The normalized spacial score (nSPS) is 17.5. The Labute approximate surface area is 154 Å². The van der Waals surface area contributed by atoms with E-state index in [1.165, 1.54) is 0 Å². The second kappa shape index (κ2) is 9.66. The fraction of sp³-hybridized carbons (Fsp3) is 0.526. The molecule has 2 atom stereocenters. The molecule has 1 aromatic rings. The van der Waals surface area contributed by atoms with Gasteiger partial charge in [-0.2, -0.15) is 5.26 Å². The van der Waals surface area contributed by atoms with Crippen LogP contribution in [0.3, 0.4) is 0 Å². The summed E-state index contributed by atoms with van der Waals surface area (Å²) in [5.74, 6) is -0.0710. The van der Waals surface area contributed by atoms with Gasteiger partial charge in [0.1, 0.15) is 18.8 Å². The van der Waals surface area contributed by atoms with Crippen molar-refractivity contribution in [1.82, 2.24) is 15.5 Å². The number of carbonyl (C=O) groups is 2. The number of ether oxygens (including phenoxy) is 1. The van der Waals surface area contributed by atoms with Gasteiger partial charge in [0.05, 0.1) is 0 Å². The van der Waals surface area contributed by atoms with Crippen LogP contribution in [0.2, 0.25) is 0 Å². The number of carbonyl (C=O) groups excluding carboxylic acids is 2. The number of hydrogen-bond donors (Lipinski definition) is 2. The standard InChI is InChI=1S/C19H26N4O3/c1-14(2)11-16(18(24)22-17-9-6-10-23(17)13-20)21-19(25)26-12-15-7-4-3-5-8-15/h3-5,7-8,14,16-17H,6,9-12H2,1-2H3,(H,21,25)(H,22,24)/t16-,17?/m1/s1. The highest BCUT2D eigenvalue weighted by Gasteiger charge is 2.29. The third-order valence-corrected chi connectivity index (χ3v) is 4.22. The number of alkyl carbamates (subject to hydrolysis) is 1. The number of nitrogens with zero attached hydrogens (tertiary/aromatic N) is 2. The van der Waals surface area contributed by atoms with Gasteiger partial charge in [0.25, 0.3) is 0 Å². The van der Waals surface area contributed by atoms with E-state index in [1.54, 1.807) is 4.90 Å². The van der Waals surface area contributed by atoms with Gasteiger partial charge in [-0.05, 0) is 30.7 Å². The van der Waals surface area contributed by atoms with Gasteiger partial charge in [-0.25, -0.2) is 4.79 Å². The number of hydrogen-bond acceptors (Lipinski definition) is 5. The molecule has 1 unspecified atom stereocenters. The van der Waals surface area contributed by atoms with E-state index in [4.69, 9.17) is 10.00 Å². The SMILES string of the molecule is CC(C)C[C@@H](NC(=O)OCc1ccccc1)C(=O)NC1CCCN1C#N. The first-order valence-electron chi connectivity index (χ1n) is 8.93. The van der Waals surface area contributed by atoms with E-state index >= 15 is 0 Å². The highest BCUT2D eigenvalue weighted by Crippen LogP contribution is 2.14. The Bertz CT molecular complexity index is 642. The van der Waals surface area contributed by atoms with Crippen molar-refractivity contribution in [3.05, 3.63) is 35.9 Å². The molecule has 2 rings (SSSR count). The Balaban J connectivity index is 1.90. The summed E-state index contributed by atoms with van der Waals surface area (Å²) in [6.07, 6.45) is 3.24. The molecule has 26 heavy (non-hydrogen) atoms. The maximum absolute atomic E-state index is 12.6. The highest BCUT2D eigenvalue weighted by atomic mass is 16.5. The van der Waals surface area contributed by atoms with E-state index in [0.29, 0.717) is 13.0 Å². The topological polar surface area (TPSA) is 94.5 Å². The van der Waals surface area contributed by atoms with E-state index in [-0.39, 0.29) is 24.6 Å². The lowest BCUT2D eigenvalue weighted by atomic mass is 10.0. The van der Waals surface area contributed by atoms with Crippen molar-refractivity contribution in [3.63, 3.8) is 0 Å². The third kappa shape index (κ3) is 5.96. The van der Waals surface area contributed by atoms with Gasteiger partial charge >= 0.3 is 6.09 Å². The van der Waals surface area contributed by atoms with Crippen molar-refractivity contribution in [2.75, 3.05) is 6.54 Å². The molecule has 0 radical (unpaired) electrons. The average molecular weight is 358 g/mol. The van der Waals surface area contributed by atoms with Crippen molar-refractivity contribution in [1.29, 1.82) is 5.26 Å². The van der Waals surface area contributed by atoms with E-state index in [1.807, 2.05) is 44.2 Å². The summed E-state index contributed by atoms with van der Waals surface area (Å²) in [6.45, 7) is 4.75. The summed E-state index contributed by atoms with van der Waals surface area (Å²) in [4.78, 5) is 26.2. The van der Waals surface area contributed by atoms with Crippen molar-refractivity contribution < 1.29 is 14.3 Å². The lowest BCUT2D eigenvalue weighted by Crippen LogP contribution is -2.52. The molecule has 2 N–H and O–H groups in total. The van der Waals surface area contributed by atoms with Crippen molar-refractivity contribution in [2.45, 2.75) is 51.9 Å². The monoisotopic (exact) mass is 358 g/mol. The maximum Gasteiger partial charge on any atom is 0.408 e. The van der Waals surface area contributed by atoms with Gasteiger partial charge in [0.15, 0.2) is 6.19 Å². The molecule has 1 saturated heterocycles. The second-order valence-electron chi connectivity index (χ2n) is 6.85. The van der Waals surface area contributed by atoms with Crippen LogP contribution in [0, 0.1) is 17.4 Å². The Morgan fingerprint density at radius 3 is 2.73 bits per heavy atom. The van der Waals surface area contributed by atoms with Gasteiger partial charge in [-0.15, -0.1) is 0 Å². The van der Waals surface area contributed by atoms with E-state index in [9.17, 15) is 9.59 Å². The quantitative estimate of drug-likeness (QED) is 0.730. The van der Waals surface area contributed by atoms with Gasteiger partial charge in [-0.3, -0.25) is 9.69 Å². The molecule has 140 valence electrons. The minimum Gasteiger partial charge on any atom is -0.445 e. The third-order valence-electron chi connectivity index (χ3n) is 4.22. The zero-order chi connectivity index (χ0) is 18.9. The van der Waals surface area contributed by atoms with Crippen molar-refractivity contribution >= 4 is 12.0 Å². The molecule has 0 aliphatic carbocycles. The Morgan fingerprint density at radius 2 is 2.08 bits per heavy atom. The van der Waals surface area contributed by atoms with Gasteiger partial charge < -0.3 is 15.4 Å². The Hall–Kier alpha value is -2.75. The van der Waals surface area contributed by atoms with Crippen LogP contribution in [0.5, 0.6) is 0 Å². The first-order valence-corrected chi connectivity index (χ1v) is 8.93. The number of nitriles is 1.